The van der Waals surface area contributed by atoms with Crippen LogP contribution in [0.1, 0.15) is 11.1 Å². The van der Waals surface area contributed by atoms with Crippen molar-refractivity contribution in [3.63, 3.8) is 0 Å². The zero-order valence-electron chi connectivity index (χ0n) is 12.4. The molecule has 0 saturated heterocycles. The highest BCUT2D eigenvalue weighted by Crippen LogP contribution is 2.31. The Morgan fingerprint density at radius 1 is 1.35 bits per heavy atom. The van der Waals surface area contributed by atoms with E-state index in [-0.39, 0.29) is 18.1 Å². The highest BCUT2D eigenvalue weighted by molar-refractivity contribution is 5.91. The van der Waals surface area contributed by atoms with Gasteiger partial charge in [0.2, 0.25) is 0 Å². The number of methoxy groups -OCH3 is 1. The summed E-state index contributed by atoms with van der Waals surface area (Å²) in [6.07, 6.45) is 2.00. The normalized spacial score (nSPS) is 11.8. The van der Waals surface area contributed by atoms with Crippen LogP contribution in [-0.2, 0) is 22.5 Å². The molecule has 0 saturated carbocycles. The number of carbonyl (C=O) groups excluding carboxylic acids is 1. The van der Waals surface area contributed by atoms with Gasteiger partial charge in [-0.15, -0.1) is 0 Å². The number of nitrogens with zero attached hydrogens (tertiary/aromatic N) is 1. The van der Waals surface area contributed by atoms with E-state index in [0.717, 1.165) is 22.0 Å². The number of carbonyl (C=O) groups is 1. The van der Waals surface area contributed by atoms with Gasteiger partial charge in [0.15, 0.2) is 0 Å². The Labute approximate surface area is 118 Å². The number of benzene rings is 1. The topological polar surface area (TPSA) is 62.3 Å². The van der Waals surface area contributed by atoms with Crippen LogP contribution in [0.25, 0.3) is 10.9 Å². The second-order valence-corrected chi connectivity index (χ2v) is 6.00. The number of esters is 1. The van der Waals surface area contributed by atoms with Crippen molar-refractivity contribution in [1.82, 2.24) is 4.98 Å². The number of hydrogen-bond acceptors (Lipinski definition) is 3. The van der Waals surface area contributed by atoms with Gasteiger partial charge in [-0.2, -0.15) is 0 Å². The van der Waals surface area contributed by atoms with E-state index < -0.39 is 0 Å². The largest absolute Gasteiger partial charge is 0.507 e. The van der Waals surface area contributed by atoms with Crippen LogP contribution in [0.15, 0.2) is 18.3 Å². The summed E-state index contributed by atoms with van der Waals surface area (Å²) in [6.45, 7) is 0.676. The molecule has 0 atom stereocenters. The summed E-state index contributed by atoms with van der Waals surface area (Å²) in [5.74, 6) is -0.0262. The molecule has 108 valence electrons. The van der Waals surface area contributed by atoms with E-state index in [4.69, 9.17) is 4.74 Å². The minimum atomic E-state index is -0.287. The van der Waals surface area contributed by atoms with Gasteiger partial charge in [0.05, 0.1) is 40.2 Å². The van der Waals surface area contributed by atoms with Crippen molar-refractivity contribution in [1.29, 1.82) is 0 Å². The third kappa shape index (κ3) is 2.93. The number of hydrogen-bond donors (Lipinski definition) is 2. The molecule has 1 aromatic carbocycles. The smallest absolute Gasteiger partial charge is 0.310 e. The van der Waals surface area contributed by atoms with Crippen molar-refractivity contribution in [3.8, 4) is 5.75 Å². The zero-order chi connectivity index (χ0) is 14.9. The monoisotopic (exact) mass is 277 g/mol. The predicted octanol–water partition coefficient (Wildman–Crippen LogP) is 1.80. The number of phenols is 1. The first-order chi connectivity index (χ1) is 9.31. The standard InChI is InChI=1S/C15H20N2O3/c1-17(2,3)9-11-13(18)6-5-12-15(11)10(8-16-12)7-14(19)20-4/h5-6,8,16H,7,9H2,1-4H3/p+1. The molecule has 20 heavy (non-hydrogen) atoms. The fourth-order valence-corrected chi connectivity index (χ4v) is 2.36. The first-order valence-corrected chi connectivity index (χ1v) is 6.50. The Bertz CT molecular complexity index is 638. The molecule has 1 aromatic heterocycles. The predicted molar refractivity (Wildman–Crippen MR) is 77.4 cm³/mol. The average molecular weight is 277 g/mol. The third-order valence-electron chi connectivity index (χ3n) is 3.21. The highest BCUT2D eigenvalue weighted by Gasteiger charge is 2.20. The molecular formula is C15H21N2O3+. The number of H-pyrrole nitrogens is 1. The van der Waals surface area contributed by atoms with Crippen LogP contribution in [0.2, 0.25) is 0 Å². The molecule has 0 unspecified atom stereocenters. The summed E-state index contributed by atoms with van der Waals surface area (Å²) >= 11 is 0. The quantitative estimate of drug-likeness (QED) is 0.661. The van der Waals surface area contributed by atoms with Gasteiger partial charge in [-0.3, -0.25) is 4.79 Å². The van der Waals surface area contributed by atoms with Crippen molar-refractivity contribution >= 4 is 16.9 Å². The summed E-state index contributed by atoms with van der Waals surface area (Å²) in [4.78, 5) is 14.6. The van der Waals surface area contributed by atoms with Crippen LogP contribution in [-0.4, -0.2) is 48.8 Å². The molecule has 0 aliphatic heterocycles. The lowest BCUT2D eigenvalue weighted by Crippen LogP contribution is -2.33. The Balaban J connectivity index is 2.56. The van der Waals surface area contributed by atoms with E-state index in [1.165, 1.54) is 7.11 Å². The number of aromatic hydroxyl groups is 1. The summed E-state index contributed by atoms with van der Waals surface area (Å²) in [6, 6.07) is 3.51. The second kappa shape index (κ2) is 5.17. The van der Waals surface area contributed by atoms with Gasteiger partial charge < -0.3 is 19.3 Å². The number of aromatic nitrogens is 1. The van der Waals surface area contributed by atoms with Crippen LogP contribution in [0.5, 0.6) is 5.75 Å². The second-order valence-electron chi connectivity index (χ2n) is 6.00. The van der Waals surface area contributed by atoms with Crippen LogP contribution >= 0.6 is 0 Å². The van der Waals surface area contributed by atoms with Crippen molar-refractivity contribution in [2.75, 3.05) is 28.3 Å². The van der Waals surface area contributed by atoms with Crippen LogP contribution in [0.3, 0.4) is 0 Å². The Morgan fingerprint density at radius 2 is 2.05 bits per heavy atom. The minimum Gasteiger partial charge on any atom is -0.507 e. The molecule has 0 amide bonds. The lowest BCUT2D eigenvalue weighted by molar-refractivity contribution is -0.883. The first kappa shape index (κ1) is 14.4. The maximum Gasteiger partial charge on any atom is 0.310 e. The molecule has 0 radical (unpaired) electrons. The molecule has 5 heteroatoms. The lowest BCUT2D eigenvalue weighted by Gasteiger charge is -2.25. The molecule has 0 fully saturated rings. The maximum absolute atomic E-state index is 11.5. The maximum atomic E-state index is 11.5. The zero-order valence-corrected chi connectivity index (χ0v) is 12.4. The van der Waals surface area contributed by atoms with E-state index in [9.17, 15) is 9.90 Å². The third-order valence-corrected chi connectivity index (χ3v) is 3.21. The van der Waals surface area contributed by atoms with Gasteiger partial charge in [-0.05, 0) is 17.7 Å². The number of nitrogens with one attached hydrogen (secondary N) is 1. The van der Waals surface area contributed by atoms with Gasteiger partial charge in [0, 0.05) is 17.1 Å². The van der Waals surface area contributed by atoms with Gasteiger partial charge >= 0.3 is 5.97 Å². The van der Waals surface area contributed by atoms with E-state index >= 15 is 0 Å². The average Bonchev–Trinajstić information content (AvgIpc) is 2.75. The van der Waals surface area contributed by atoms with Gasteiger partial charge in [0.1, 0.15) is 12.3 Å². The molecule has 0 bridgehead atoms. The minimum absolute atomic E-state index is 0.199. The Kier molecular flexibility index (Phi) is 3.72. The van der Waals surface area contributed by atoms with Gasteiger partial charge in [-0.25, -0.2) is 0 Å². The Hall–Kier alpha value is -2.01. The van der Waals surface area contributed by atoms with Gasteiger partial charge in [-0.1, -0.05) is 0 Å². The fraction of sp³-hybridized carbons (Fsp3) is 0.400. The summed E-state index contributed by atoms with van der Waals surface area (Å²) in [5.41, 5.74) is 2.63. The molecule has 2 rings (SSSR count). The van der Waals surface area contributed by atoms with Crippen molar-refractivity contribution in [3.05, 3.63) is 29.5 Å². The first-order valence-electron chi connectivity index (χ1n) is 6.50. The number of phenolic OH excluding ortho intramolecular Hbond substituents is 1. The summed E-state index contributed by atoms with van der Waals surface area (Å²) < 4.78 is 5.41. The molecule has 1 heterocycles. The van der Waals surface area contributed by atoms with E-state index in [0.29, 0.717) is 11.0 Å². The molecule has 0 aliphatic carbocycles. The molecule has 2 aromatic rings. The van der Waals surface area contributed by atoms with E-state index in [1.807, 2.05) is 6.07 Å². The van der Waals surface area contributed by atoms with Crippen LogP contribution in [0, 0.1) is 0 Å². The fourth-order valence-electron chi connectivity index (χ4n) is 2.36. The number of rotatable bonds is 4. The van der Waals surface area contributed by atoms with Crippen molar-refractivity contribution in [2.24, 2.45) is 0 Å². The van der Waals surface area contributed by atoms with E-state index in [1.54, 1.807) is 12.3 Å². The lowest BCUT2D eigenvalue weighted by atomic mass is 10.0. The SMILES string of the molecule is COC(=O)Cc1c[nH]c2ccc(O)c(C[N+](C)(C)C)c12. The van der Waals surface area contributed by atoms with E-state index in [2.05, 4.69) is 26.1 Å². The van der Waals surface area contributed by atoms with Crippen molar-refractivity contribution < 1.29 is 19.1 Å². The molecular weight excluding hydrogens is 256 g/mol. The van der Waals surface area contributed by atoms with Crippen molar-refractivity contribution in [2.45, 2.75) is 13.0 Å². The van der Waals surface area contributed by atoms with Crippen LogP contribution < -0.4 is 0 Å². The molecule has 0 spiro atoms. The summed E-state index contributed by atoms with van der Waals surface area (Å²) in [7, 11) is 7.56. The van der Waals surface area contributed by atoms with Gasteiger partial charge in [0.25, 0.3) is 0 Å². The number of ether oxygens (including phenoxy) is 1. The molecule has 2 N–H and O–H groups in total. The van der Waals surface area contributed by atoms with Crippen LogP contribution in [0.4, 0.5) is 0 Å². The molecule has 0 aliphatic rings. The molecule has 5 nitrogen and oxygen atoms in total. The highest BCUT2D eigenvalue weighted by atomic mass is 16.5. The number of aromatic amines is 1. The summed E-state index contributed by atoms with van der Waals surface area (Å²) in [5, 5.41) is 11.1. The number of quaternary nitrogens is 1. The Morgan fingerprint density at radius 3 is 2.65 bits per heavy atom. The number of fused-ring (bicyclic) bond motifs is 1.